The van der Waals surface area contributed by atoms with Crippen molar-refractivity contribution in [1.29, 1.82) is 0 Å². The fourth-order valence-corrected chi connectivity index (χ4v) is 4.25. The first-order chi connectivity index (χ1) is 12.9. The van der Waals surface area contributed by atoms with Gasteiger partial charge in [-0.1, -0.05) is 124 Å². The number of rotatable bonds is 20. The molecule has 0 aliphatic heterocycles. The van der Waals surface area contributed by atoms with Gasteiger partial charge in [0, 0.05) is 5.54 Å². The first kappa shape index (κ1) is 27.0. The SMILES string of the molecule is CCCCCCCCCCCCCCCCC(CCCC(C)C)C(C)(C)N. The Bertz CT molecular complexity index is 289. The van der Waals surface area contributed by atoms with Crippen LogP contribution in [0.5, 0.6) is 0 Å². The summed E-state index contributed by atoms with van der Waals surface area (Å²) in [6.07, 6.45) is 25.5. The maximum Gasteiger partial charge on any atom is 0.0125 e. The van der Waals surface area contributed by atoms with Crippen molar-refractivity contribution in [2.45, 2.75) is 156 Å². The Morgan fingerprint density at radius 3 is 1.30 bits per heavy atom. The van der Waals surface area contributed by atoms with Gasteiger partial charge in [0.1, 0.15) is 0 Å². The van der Waals surface area contributed by atoms with E-state index in [1.54, 1.807) is 0 Å². The molecule has 0 heterocycles. The van der Waals surface area contributed by atoms with Gasteiger partial charge in [-0.3, -0.25) is 0 Å². The summed E-state index contributed by atoms with van der Waals surface area (Å²) >= 11 is 0. The van der Waals surface area contributed by atoms with Crippen molar-refractivity contribution in [3.05, 3.63) is 0 Å². The molecule has 0 aromatic rings. The molecule has 1 nitrogen and oxygen atoms in total. The van der Waals surface area contributed by atoms with Gasteiger partial charge in [0.2, 0.25) is 0 Å². The summed E-state index contributed by atoms with van der Waals surface area (Å²) in [6.45, 7) is 11.4. The molecule has 0 saturated heterocycles. The first-order valence-corrected chi connectivity index (χ1v) is 12.7. The molecule has 0 bridgehead atoms. The molecule has 1 atom stereocenters. The Morgan fingerprint density at radius 2 is 0.926 bits per heavy atom. The average molecular weight is 382 g/mol. The quantitative estimate of drug-likeness (QED) is 0.209. The van der Waals surface area contributed by atoms with Crippen molar-refractivity contribution >= 4 is 0 Å². The van der Waals surface area contributed by atoms with Crippen molar-refractivity contribution in [3.8, 4) is 0 Å². The molecule has 0 spiro atoms. The van der Waals surface area contributed by atoms with Crippen LogP contribution >= 0.6 is 0 Å². The molecule has 0 aliphatic carbocycles. The fourth-order valence-electron chi connectivity index (χ4n) is 4.25. The Kier molecular flexibility index (Phi) is 18.0. The second kappa shape index (κ2) is 18.0. The lowest BCUT2D eigenvalue weighted by Gasteiger charge is -2.31. The molecule has 0 saturated carbocycles. The normalized spacial score (nSPS) is 13.4. The molecule has 0 aromatic carbocycles. The minimum Gasteiger partial charge on any atom is -0.325 e. The van der Waals surface area contributed by atoms with Gasteiger partial charge in [-0.15, -0.1) is 0 Å². The van der Waals surface area contributed by atoms with E-state index in [2.05, 4.69) is 34.6 Å². The van der Waals surface area contributed by atoms with E-state index in [4.69, 9.17) is 5.73 Å². The summed E-state index contributed by atoms with van der Waals surface area (Å²) in [5.41, 5.74) is 6.44. The number of hydrogen-bond donors (Lipinski definition) is 1. The Hall–Kier alpha value is -0.0400. The first-order valence-electron chi connectivity index (χ1n) is 12.7. The lowest BCUT2D eigenvalue weighted by Crippen LogP contribution is -2.40. The van der Waals surface area contributed by atoms with Crippen molar-refractivity contribution in [2.24, 2.45) is 17.6 Å². The van der Waals surface area contributed by atoms with Crippen LogP contribution in [0.15, 0.2) is 0 Å². The van der Waals surface area contributed by atoms with Crippen molar-refractivity contribution in [2.75, 3.05) is 0 Å². The van der Waals surface area contributed by atoms with Crippen LogP contribution in [0.2, 0.25) is 0 Å². The average Bonchev–Trinajstić information content (AvgIpc) is 2.59. The summed E-state index contributed by atoms with van der Waals surface area (Å²) in [6, 6.07) is 0. The van der Waals surface area contributed by atoms with E-state index in [-0.39, 0.29) is 5.54 Å². The van der Waals surface area contributed by atoms with Crippen LogP contribution in [0.4, 0.5) is 0 Å². The van der Waals surface area contributed by atoms with Gasteiger partial charge in [-0.05, 0) is 38.5 Å². The highest BCUT2D eigenvalue weighted by Crippen LogP contribution is 2.27. The van der Waals surface area contributed by atoms with Crippen LogP contribution in [0.3, 0.4) is 0 Å². The Labute approximate surface area is 173 Å². The Balaban J connectivity index is 3.49. The smallest absolute Gasteiger partial charge is 0.0125 e. The highest BCUT2D eigenvalue weighted by Gasteiger charge is 2.24. The molecule has 2 N–H and O–H groups in total. The molecule has 1 unspecified atom stereocenters. The van der Waals surface area contributed by atoms with Crippen molar-refractivity contribution in [1.82, 2.24) is 0 Å². The third kappa shape index (κ3) is 19.1. The van der Waals surface area contributed by atoms with Gasteiger partial charge in [0.05, 0.1) is 0 Å². The van der Waals surface area contributed by atoms with Gasteiger partial charge >= 0.3 is 0 Å². The highest BCUT2D eigenvalue weighted by molar-refractivity contribution is 4.82. The molecule has 0 amide bonds. The third-order valence-electron chi connectivity index (χ3n) is 6.29. The molecule has 1 heteroatoms. The number of unbranched alkanes of at least 4 members (excludes halogenated alkanes) is 13. The molecule has 0 fully saturated rings. The van der Waals surface area contributed by atoms with Crippen LogP contribution in [-0.4, -0.2) is 5.54 Å². The maximum absolute atomic E-state index is 6.45. The van der Waals surface area contributed by atoms with E-state index in [1.165, 1.54) is 116 Å². The second-order valence-corrected chi connectivity index (χ2v) is 10.2. The van der Waals surface area contributed by atoms with Crippen molar-refractivity contribution in [3.63, 3.8) is 0 Å². The lowest BCUT2D eigenvalue weighted by atomic mass is 9.80. The minimum absolute atomic E-state index is 0.00643. The second-order valence-electron chi connectivity index (χ2n) is 10.2. The molecular weight excluding hydrogens is 326 g/mol. The lowest BCUT2D eigenvalue weighted by molar-refractivity contribution is 0.264. The molecular formula is C26H55N. The predicted octanol–water partition coefficient (Wildman–Crippen LogP) is 9.04. The molecule has 0 radical (unpaired) electrons. The zero-order valence-corrected chi connectivity index (χ0v) is 20.0. The van der Waals surface area contributed by atoms with Crippen LogP contribution in [0.1, 0.15) is 150 Å². The summed E-state index contributed by atoms with van der Waals surface area (Å²) in [7, 11) is 0. The third-order valence-corrected chi connectivity index (χ3v) is 6.29. The molecule has 27 heavy (non-hydrogen) atoms. The standard InChI is InChI=1S/C26H55N/c1-6-7-8-9-10-11-12-13-14-15-16-17-18-19-22-25(26(4,5)27)23-20-21-24(2)3/h24-25H,6-23,27H2,1-5H3. The van der Waals surface area contributed by atoms with E-state index in [0.29, 0.717) is 5.92 Å². The van der Waals surface area contributed by atoms with Crippen LogP contribution in [-0.2, 0) is 0 Å². The zero-order valence-electron chi connectivity index (χ0n) is 20.0. The molecule has 0 aliphatic rings. The summed E-state index contributed by atoms with van der Waals surface area (Å²) in [4.78, 5) is 0. The maximum atomic E-state index is 6.45. The van der Waals surface area contributed by atoms with Crippen LogP contribution in [0, 0.1) is 11.8 Å². The largest absolute Gasteiger partial charge is 0.325 e. The summed E-state index contributed by atoms with van der Waals surface area (Å²) < 4.78 is 0. The van der Waals surface area contributed by atoms with Gasteiger partial charge in [-0.25, -0.2) is 0 Å². The van der Waals surface area contributed by atoms with Gasteiger partial charge < -0.3 is 5.73 Å². The minimum atomic E-state index is -0.00643. The van der Waals surface area contributed by atoms with E-state index >= 15 is 0 Å². The van der Waals surface area contributed by atoms with Crippen LogP contribution < -0.4 is 5.73 Å². The molecule has 0 aromatic heterocycles. The van der Waals surface area contributed by atoms with Gasteiger partial charge in [0.15, 0.2) is 0 Å². The number of hydrogen-bond acceptors (Lipinski definition) is 1. The zero-order chi connectivity index (χ0) is 20.4. The van der Waals surface area contributed by atoms with Gasteiger partial charge in [0.25, 0.3) is 0 Å². The monoisotopic (exact) mass is 381 g/mol. The van der Waals surface area contributed by atoms with Gasteiger partial charge in [-0.2, -0.15) is 0 Å². The van der Waals surface area contributed by atoms with E-state index in [1.807, 2.05) is 0 Å². The highest BCUT2D eigenvalue weighted by atomic mass is 14.7. The predicted molar refractivity (Wildman–Crippen MR) is 125 cm³/mol. The summed E-state index contributed by atoms with van der Waals surface area (Å²) in [5, 5.41) is 0. The number of nitrogens with two attached hydrogens (primary N) is 1. The van der Waals surface area contributed by atoms with Crippen molar-refractivity contribution < 1.29 is 0 Å². The topological polar surface area (TPSA) is 26.0 Å². The van der Waals surface area contributed by atoms with E-state index in [9.17, 15) is 0 Å². The van der Waals surface area contributed by atoms with E-state index in [0.717, 1.165) is 5.92 Å². The molecule has 0 rings (SSSR count). The van der Waals surface area contributed by atoms with Crippen LogP contribution in [0.25, 0.3) is 0 Å². The van der Waals surface area contributed by atoms with E-state index < -0.39 is 0 Å². The Morgan fingerprint density at radius 1 is 0.556 bits per heavy atom. The molecule has 164 valence electrons. The summed E-state index contributed by atoms with van der Waals surface area (Å²) in [5.74, 6) is 1.53. The fraction of sp³-hybridized carbons (Fsp3) is 1.00.